The molecule has 6 heteroatoms. The summed E-state index contributed by atoms with van der Waals surface area (Å²) in [5.74, 6) is 0.534. The van der Waals surface area contributed by atoms with Gasteiger partial charge in [0.2, 0.25) is 0 Å². The van der Waals surface area contributed by atoms with Crippen LogP contribution < -0.4 is 0 Å². The summed E-state index contributed by atoms with van der Waals surface area (Å²) < 4.78 is 24.1. The van der Waals surface area contributed by atoms with Gasteiger partial charge in [-0.15, -0.1) is 0 Å². The number of nitrogens with zero attached hydrogens (tertiary/aromatic N) is 3. The third kappa shape index (κ3) is 3.02. The van der Waals surface area contributed by atoms with Crippen molar-refractivity contribution in [2.45, 2.75) is 25.6 Å². The first-order valence-corrected chi connectivity index (χ1v) is 9.52. The second-order valence-corrected chi connectivity index (χ2v) is 8.28. The standard InChI is InChI=1S/C16H21N3O2S/c1-2-18-6-7-19(16-12-22(20,21)11-15(16)18)10-14-5-3-4-13(8-14)9-17/h3-5,8,15-16H,2,6-7,10-12H2,1H3/t15-,16+/m0/s1. The van der Waals surface area contributed by atoms with Gasteiger partial charge < -0.3 is 0 Å². The number of rotatable bonds is 3. The van der Waals surface area contributed by atoms with Crippen molar-refractivity contribution >= 4 is 9.84 Å². The Morgan fingerprint density at radius 1 is 1.23 bits per heavy atom. The van der Waals surface area contributed by atoms with Gasteiger partial charge in [-0.1, -0.05) is 19.1 Å². The SMILES string of the molecule is CCN1CCN(Cc2cccc(C#N)c2)[C@@H]2CS(=O)(=O)C[C@@H]21. The van der Waals surface area contributed by atoms with E-state index in [4.69, 9.17) is 5.26 Å². The molecule has 0 bridgehead atoms. The minimum Gasteiger partial charge on any atom is -0.297 e. The first-order valence-electron chi connectivity index (χ1n) is 7.70. The van der Waals surface area contributed by atoms with Gasteiger partial charge in [0, 0.05) is 31.7 Å². The highest BCUT2D eigenvalue weighted by atomic mass is 32.2. The smallest absolute Gasteiger partial charge is 0.153 e. The molecule has 3 rings (SSSR count). The number of nitriles is 1. The second kappa shape index (κ2) is 5.99. The summed E-state index contributed by atoms with van der Waals surface area (Å²) in [5.41, 5.74) is 1.73. The van der Waals surface area contributed by atoms with Crippen molar-refractivity contribution in [2.24, 2.45) is 0 Å². The average Bonchev–Trinajstić information content (AvgIpc) is 2.83. The first-order chi connectivity index (χ1) is 10.5. The van der Waals surface area contributed by atoms with E-state index in [2.05, 4.69) is 22.8 Å². The van der Waals surface area contributed by atoms with Crippen LogP contribution in [0.25, 0.3) is 0 Å². The molecule has 0 aliphatic carbocycles. The maximum absolute atomic E-state index is 12.1. The molecule has 2 aliphatic rings. The van der Waals surface area contributed by atoms with Gasteiger partial charge in [0.25, 0.3) is 0 Å². The predicted molar refractivity (Wildman–Crippen MR) is 85.0 cm³/mol. The van der Waals surface area contributed by atoms with Crippen LogP contribution >= 0.6 is 0 Å². The molecule has 0 radical (unpaired) electrons. The number of benzene rings is 1. The zero-order valence-corrected chi connectivity index (χ0v) is 13.6. The van der Waals surface area contributed by atoms with Crippen LogP contribution in [0, 0.1) is 11.3 Å². The zero-order chi connectivity index (χ0) is 15.7. The highest BCUT2D eigenvalue weighted by Crippen LogP contribution is 2.28. The molecule has 2 atom stereocenters. The van der Waals surface area contributed by atoms with Gasteiger partial charge in [0.05, 0.1) is 23.1 Å². The largest absolute Gasteiger partial charge is 0.297 e. The van der Waals surface area contributed by atoms with Gasteiger partial charge in [0.15, 0.2) is 9.84 Å². The van der Waals surface area contributed by atoms with Crippen molar-refractivity contribution in [3.63, 3.8) is 0 Å². The zero-order valence-electron chi connectivity index (χ0n) is 12.8. The number of hydrogen-bond donors (Lipinski definition) is 0. The highest BCUT2D eigenvalue weighted by Gasteiger charge is 2.45. The third-order valence-corrected chi connectivity index (χ3v) is 6.45. The Morgan fingerprint density at radius 3 is 2.59 bits per heavy atom. The van der Waals surface area contributed by atoms with Crippen LogP contribution in [0.3, 0.4) is 0 Å². The van der Waals surface area contributed by atoms with Gasteiger partial charge in [-0.3, -0.25) is 9.80 Å². The Hall–Kier alpha value is -1.42. The summed E-state index contributed by atoms with van der Waals surface area (Å²) in [4.78, 5) is 4.56. The lowest BCUT2D eigenvalue weighted by molar-refractivity contribution is 0.0439. The average molecular weight is 319 g/mol. The van der Waals surface area contributed by atoms with Crippen LogP contribution in [-0.4, -0.2) is 61.4 Å². The van der Waals surface area contributed by atoms with Crippen LogP contribution in [0.15, 0.2) is 24.3 Å². The van der Waals surface area contributed by atoms with E-state index < -0.39 is 9.84 Å². The predicted octanol–water partition coefficient (Wildman–Crippen LogP) is 0.861. The topological polar surface area (TPSA) is 64.4 Å². The summed E-state index contributed by atoms with van der Waals surface area (Å²) in [6, 6.07) is 9.92. The molecular weight excluding hydrogens is 298 g/mol. The van der Waals surface area contributed by atoms with Crippen molar-refractivity contribution in [1.82, 2.24) is 9.80 Å². The van der Waals surface area contributed by atoms with E-state index in [1.54, 1.807) is 6.07 Å². The van der Waals surface area contributed by atoms with Crippen LogP contribution in [-0.2, 0) is 16.4 Å². The molecule has 2 saturated heterocycles. The number of sulfone groups is 1. The quantitative estimate of drug-likeness (QED) is 0.827. The van der Waals surface area contributed by atoms with Crippen LogP contribution in [0.1, 0.15) is 18.1 Å². The highest BCUT2D eigenvalue weighted by molar-refractivity contribution is 7.91. The van der Waals surface area contributed by atoms with Gasteiger partial charge in [-0.05, 0) is 24.2 Å². The second-order valence-electron chi connectivity index (χ2n) is 6.12. The van der Waals surface area contributed by atoms with Crippen molar-refractivity contribution in [3.05, 3.63) is 35.4 Å². The molecule has 0 unspecified atom stereocenters. The maximum Gasteiger partial charge on any atom is 0.153 e. The molecule has 1 aromatic carbocycles. The molecule has 2 fully saturated rings. The van der Waals surface area contributed by atoms with Crippen molar-refractivity contribution < 1.29 is 8.42 Å². The van der Waals surface area contributed by atoms with Gasteiger partial charge in [-0.2, -0.15) is 5.26 Å². The minimum absolute atomic E-state index is 0.0736. The molecule has 1 aromatic rings. The van der Waals surface area contributed by atoms with E-state index >= 15 is 0 Å². The maximum atomic E-state index is 12.1. The van der Waals surface area contributed by atoms with Gasteiger partial charge >= 0.3 is 0 Å². The Labute approximate surface area is 132 Å². The molecule has 118 valence electrons. The van der Waals surface area contributed by atoms with Crippen molar-refractivity contribution in [3.8, 4) is 6.07 Å². The summed E-state index contributed by atoms with van der Waals surface area (Å²) >= 11 is 0. The number of hydrogen-bond acceptors (Lipinski definition) is 5. The lowest BCUT2D eigenvalue weighted by Crippen LogP contribution is -2.58. The fourth-order valence-electron chi connectivity index (χ4n) is 3.66. The van der Waals surface area contributed by atoms with E-state index in [-0.39, 0.29) is 23.6 Å². The molecule has 2 aliphatic heterocycles. The van der Waals surface area contributed by atoms with Crippen molar-refractivity contribution in [2.75, 3.05) is 31.1 Å². The summed E-state index contributed by atoms with van der Waals surface area (Å²) in [6.45, 7) is 5.48. The lowest BCUT2D eigenvalue weighted by atomic mass is 10.0. The molecule has 0 N–H and O–H groups in total. The molecule has 5 nitrogen and oxygen atoms in total. The van der Waals surface area contributed by atoms with E-state index in [0.717, 1.165) is 25.2 Å². The van der Waals surface area contributed by atoms with Crippen LogP contribution in [0.5, 0.6) is 0 Å². The Bertz CT molecular complexity index is 696. The summed E-state index contributed by atoms with van der Waals surface area (Å²) in [7, 11) is -2.95. The molecule has 2 heterocycles. The summed E-state index contributed by atoms with van der Waals surface area (Å²) in [5, 5.41) is 9.00. The normalized spacial score (nSPS) is 28.2. The number of fused-ring (bicyclic) bond motifs is 1. The Morgan fingerprint density at radius 2 is 1.91 bits per heavy atom. The van der Waals surface area contributed by atoms with E-state index in [9.17, 15) is 8.42 Å². The number of likely N-dealkylation sites (N-methyl/N-ethyl adjacent to an activating group) is 1. The third-order valence-electron chi connectivity index (χ3n) is 4.75. The lowest BCUT2D eigenvalue weighted by Gasteiger charge is -2.43. The fraction of sp³-hybridized carbons (Fsp3) is 0.562. The Kier molecular flexibility index (Phi) is 4.22. The van der Waals surface area contributed by atoms with Crippen LogP contribution in [0.2, 0.25) is 0 Å². The minimum atomic E-state index is -2.95. The number of piperazine rings is 1. The van der Waals surface area contributed by atoms with E-state index in [1.165, 1.54) is 0 Å². The fourth-order valence-corrected chi connectivity index (χ4v) is 5.70. The summed E-state index contributed by atoms with van der Waals surface area (Å²) in [6.07, 6.45) is 0. The molecule has 0 spiro atoms. The van der Waals surface area contributed by atoms with Gasteiger partial charge in [-0.25, -0.2) is 8.42 Å². The first kappa shape index (κ1) is 15.5. The van der Waals surface area contributed by atoms with Gasteiger partial charge in [0.1, 0.15) is 0 Å². The Balaban J connectivity index is 1.81. The van der Waals surface area contributed by atoms with E-state index in [0.29, 0.717) is 12.1 Å². The molecule has 0 aromatic heterocycles. The molecule has 0 amide bonds. The molecular formula is C16H21N3O2S. The van der Waals surface area contributed by atoms with E-state index in [1.807, 2.05) is 18.2 Å². The molecule has 22 heavy (non-hydrogen) atoms. The van der Waals surface area contributed by atoms with Crippen LogP contribution in [0.4, 0.5) is 0 Å². The molecule has 0 saturated carbocycles. The monoisotopic (exact) mass is 319 g/mol. The van der Waals surface area contributed by atoms with Crippen molar-refractivity contribution in [1.29, 1.82) is 5.26 Å².